The lowest BCUT2D eigenvalue weighted by Gasteiger charge is -2.35. The maximum Gasteiger partial charge on any atom is 0.157 e. The average molecular weight is 283 g/mol. The number of thiazole rings is 1. The zero-order valence-corrected chi connectivity index (χ0v) is 13.1. The van der Waals surface area contributed by atoms with Gasteiger partial charge in [0.25, 0.3) is 0 Å². The van der Waals surface area contributed by atoms with Crippen molar-refractivity contribution in [3.63, 3.8) is 0 Å². The predicted molar refractivity (Wildman–Crippen MR) is 81.4 cm³/mol. The van der Waals surface area contributed by atoms with Gasteiger partial charge >= 0.3 is 0 Å². The molecule has 1 atom stereocenters. The van der Waals surface area contributed by atoms with Crippen LogP contribution in [-0.2, 0) is 6.54 Å². The molecule has 1 saturated heterocycles. The topological polar surface area (TPSA) is 37.3 Å². The van der Waals surface area contributed by atoms with Crippen LogP contribution in [0, 0.1) is 12.3 Å². The highest BCUT2D eigenvalue weighted by atomic mass is 32.2. The number of hydrogen-bond acceptors (Lipinski definition) is 4. The van der Waals surface area contributed by atoms with Gasteiger partial charge in [0.15, 0.2) is 5.17 Å². The predicted octanol–water partition coefficient (Wildman–Crippen LogP) is 3.45. The van der Waals surface area contributed by atoms with Crippen LogP contribution in [0.4, 0.5) is 0 Å². The van der Waals surface area contributed by atoms with Gasteiger partial charge < -0.3 is 5.32 Å². The molecule has 1 N–H and O–H groups in total. The summed E-state index contributed by atoms with van der Waals surface area (Å²) in [5, 5.41) is 4.66. The molecule has 3 nitrogen and oxygen atoms in total. The zero-order chi connectivity index (χ0) is 13.2. The molecule has 100 valence electrons. The number of nitrogens with one attached hydrogen (secondary N) is 1. The summed E-state index contributed by atoms with van der Waals surface area (Å²) in [6.45, 7) is 9.65. The first-order valence-electron chi connectivity index (χ1n) is 6.29. The van der Waals surface area contributed by atoms with E-state index in [0.717, 1.165) is 23.2 Å². The minimum absolute atomic E-state index is 0.294. The van der Waals surface area contributed by atoms with Crippen molar-refractivity contribution in [2.45, 2.75) is 46.7 Å². The van der Waals surface area contributed by atoms with E-state index in [2.05, 4.69) is 36.1 Å². The van der Waals surface area contributed by atoms with Crippen molar-refractivity contribution in [1.29, 1.82) is 0 Å². The minimum atomic E-state index is 0.294. The van der Waals surface area contributed by atoms with Crippen LogP contribution in [0.3, 0.4) is 0 Å². The molecule has 1 aromatic rings. The molecule has 0 aliphatic carbocycles. The molecule has 1 fully saturated rings. The number of aryl methyl sites for hydroxylation is 1. The van der Waals surface area contributed by atoms with E-state index in [0.29, 0.717) is 11.5 Å². The third kappa shape index (κ3) is 3.48. The van der Waals surface area contributed by atoms with Crippen LogP contribution in [-0.4, -0.2) is 21.9 Å². The molecule has 5 heteroatoms. The normalized spacial score (nSPS) is 23.1. The van der Waals surface area contributed by atoms with Crippen LogP contribution in [0.15, 0.2) is 10.5 Å². The standard InChI is InChI=1S/C13H21N3S2/c1-9-10(18-8-15-9)7-14-12-16-11(5-6-17-12)13(2,3)4/h8,11H,5-7H2,1-4H3,(H,14,16). The molecule has 0 spiro atoms. The van der Waals surface area contributed by atoms with Crippen LogP contribution in [0.5, 0.6) is 0 Å². The Morgan fingerprint density at radius 1 is 1.50 bits per heavy atom. The summed E-state index contributed by atoms with van der Waals surface area (Å²) >= 11 is 3.52. The Morgan fingerprint density at radius 3 is 2.89 bits per heavy atom. The van der Waals surface area contributed by atoms with Gasteiger partial charge in [0.05, 0.1) is 17.7 Å². The number of aromatic nitrogens is 1. The third-order valence-electron chi connectivity index (χ3n) is 3.20. The number of hydrogen-bond donors (Lipinski definition) is 1. The number of amidine groups is 1. The van der Waals surface area contributed by atoms with Gasteiger partial charge in [-0.25, -0.2) is 4.98 Å². The van der Waals surface area contributed by atoms with Crippen molar-refractivity contribution in [3.8, 4) is 0 Å². The molecule has 0 aromatic carbocycles. The largest absolute Gasteiger partial charge is 0.362 e. The van der Waals surface area contributed by atoms with Gasteiger partial charge in [-0.15, -0.1) is 11.3 Å². The number of nitrogens with zero attached hydrogens (tertiary/aromatic N) is 2. The monoisotopic (exact) mass is 283 g/mol. The molecule has 1 aromatic heterocycles. The van der Waals surface area contributed by atoms with Crippen LogP contribution in [0.1, 0.15) is 37.8 Å². The van der Waals surface area contributed by atoms with Gasteiger partial charge in [-0.1, -0.05) is 32.5 Å². The Bertz CT molecular complexity index is 432. The first kappa shape index (κ1) is 13.9. The maximum atomic E-state index is 4.69. The van der Waals surface area contributed by atoms with E-state index in [-0.39, 0.29) is 0 Å². The second kappa shape index (κ2) is 5.61. The van der Waals surface area contributed by atoms with Gasteiger partial charge in [-0.05, 0) is 18.8 Å². The Morgan fingerprint density at radius 2 is 2.28 bits per heavy atom. The highest BCUT2D eigenvalue weighted by Crippen LogP contribution is 2.27. The molecule has 0 radical (unpaired) electrons. The highest BCUT2D eigenvalue weighted by molar-refractivity contribution is 8.13. The van der Waals surface area contributed by atoms with E-state index in [1.807, 2.05) is 24.2 Å². The maximum absolute atomic E-state index is 4.69. The SMILES string of the molecule is Cc1ncsc1CN=C1NC(C(C)(C)C)CCS1. The van der Waals surface area contributed by atoms with Crippen molar-refractivity contribution >= 4 is 28.3 Å². The summed E-state index contributed by atoms with van der Waals surface area (Å²) in [5.41, 5.74) is 3.30. The quantitative estimate of drug-likeness (QED) is 0.903. The summed E-state index contributed by atoms with van der Waals surface area (Å²) in [5.74, 6) is 1.16. The first-order chi connectivity index (χ1) is 8.47. The average Bonchev–Trinajstić information content (AvgIpc) is 2.72. The fourth-order valence-electron chi connectivity index (χ4n) is 1.90. The number of aliphatic imine (C=N–C) groups is 1. The lowest BCUT2D eigenvalue weighted by Crippen LogP contribution is -2.46. The van der Waals surface area contributed by atoms with Crippen molar-refractivity contribution in [2.75, 3.05) is 5.75 Å². The first-order valence-corrected chi connectivity index (χ1v) is 8.16. The van der Waals surface area contributed by atoms with Gasteiger partial charge in [0.2, 0.25) is 0 Å². The summed E-state index contributed by atoms with van der Waals surface area (Å²) in [4.78, 5) is 10.2. The zero-order valence-electron chi connectivity index (χ0n) is 11.5. The molecule has 1 unspecified atom stereocenters. The van der Waals surface area contributed by atoms with Gasteiger partial charge in [-0.3, -0.25) is 4.99 Å². The van der Waals surface area contributed by atoms with Gasteiger partial charge in [0, 0.05) is 16.7 Å². The molecule has 0 bridgehead atoms. The molecule has 0 amide bonds. The van der Waals surface area contributed by atoms with Crippen LogP contribution in [0.25, 0.3) is 0 Å². The summed E-state index contributed by atoms with van der Waals surface area (Å²) in [6.07, 6.45) is 1.22. The Kier molecular flexibility index (Phi) is 4.33. The summed E-state index contributed by atoms with van der Waals surface area (Å²) < 4.78 is 0. The lowest BCUT2D eigenvalue weighted by atomic mass is 9.85. The van der Waals surface area contributed by atoms with E-state index < -0.39 is 0 Å². The van der Waals surface area contributed by atoms with E-state index in [1.165, 1.54) is 11.3 Å². The molecule has 1 aliphatic heterocycles. The van der Waals surface area contributed by atoms with Crippen molar-refractivity contribution < 1.29 is 0 Å². The molecular formula is C13H21N3S2. The number of rotatable bonds is 2. The smallest absolute Gasteiger partial charge is 0.157 e. The van der Waals surface area contributed by atoms with E-state index in [4.69, 9.17) is 0 Å². The molecule has 2 rings (SSSR count). The third-order valence-corrected chi connectivity index (χ3v) is 5.08. The van der Waals surface area contributed by atoms with Crippen molar-refractivity contribution in [3.05, 3.63) is 16.1 Å². The Balaban J connectivity index is 1.99. The van der Waals surface area contributed by atoms with Gasteiger partial charge in [0.1, 0.15) is 0 Å². The second-order valence-electron chi connectivity index (χ2n) is 5.68. The van der Waals surface area contributed by atoms with E-state index in [1.54, 1.807) is 11.3 Å². The fraction of sp³-hybridized carbons (Fsp3) is 0.692. The highest BCUT2D eigenvalue weighted by Gasteiger charge is 2.28. The van der Waals surface area contributed by atoms with Crippen molar-refractivity contribution in [2.24, 2.45) is 10.4 Å². The van der Waals surface area contributed by atoms with Gasteiger partial charge in [-0.2, -0.15) is 0 Å². The molecule has 0 saturated carbocycles. The van der Waals surface area contributed by atoms with Crippen molar-refractivity contribution in [1.82, 2.24) is 10.3 Å². The fourth-order valence-corrected chi connectivity index (χ4v) is 3.53. The molecular weight excluding hydrogens is 262 g/mol. The second-order valence-corrected chi connectivity index (χ2v) is 7.71. The summed E-state index contributed by atoms with van der Waals surface area (Å²) in [7, 11) is 0. The van der Waals surface area contributed by atoms with Crippen LogP contribution < -0.4 is 5.32 Å². The summed E-state index contributed by atoms with van der Waals surface area (Å²) in [6, 6.07) is 0.528. The number of thioether (sulfide) groups is 1. The Hall–Kier alpha value is -0.550. The lowest BCUT2D eigenvalue weighted by molar-refractivity contribution is 0.290. The minimum Gasteiger partial charge on any atom is -0.362 e. The molecule has 2 heterocycles. The van der Waals surface area contributed by atoms with Crippen LogP contribution >= 0.6 is 23.1 Å². The van der Waals surface area contributed by atoms with E-state index >= 15 is 0 Å². The van der Waals surface area contributed by atoms with Crippen LogP contribution in [0.2, 0.25) is 0 Å². The van der Waals surface area contributed by atoms with E-state index in [9.17, 15) is 0 Å². The molecule has 1 aliphatic rings. The Labute approximate surface area is 118 Å². The molecule has 18 heavy (non-hydrogen) atoms.